The van der Waals surface area contributed by atoms with Crippen LogP contribution in [0, 0.1) is 0 Å². The van der Waals surface area contributed by atoms with Gasteiger partial charge in [-0.3, -0.25) is 5.10 Å². The lowest BCUT2D eigenvalue weighted by Gasteiger charge is -2.38. The molecular weight excluding hydrogens is 288 g/mol. The predicted molar refractivity (Wildman–Crippen MR) is 91.4 cm³/mol. The lowest BCUT2D eigenvalue weighted by Crippen LogP contribution is -2.54. The Bertz CT molecular complexity index is 827. The number of anilines is 1. The first-order chi connectivity index (χ1) is 11.2. The van der Waals surface area contributed by atoms with Crippen molar-refractivity contribution in [2.75, 3.05) is 18.0 Å². The minimum atomic E-state index is 0.423. The average molecular weight is 308 g/mol. The summed E-state index contributed by atoms with van der Waals surface area (Å²) in [6, 6.07) is 11.0. The third-order valence-corrected chi connectivity index (χ3v) is 4.37. The normalized spacial score (nSPS) is 21.7. The number of aromatic nitrogens is 4. The number of piperazine rings is 1. The molecule has 23 heavy (non-hydrogen) atoms. The van der Waals surface area contributed by atoms with Crippen LogP contribution in [-0.2, 0) is 0 Å². The van der Waals surface area contributed by atoms with Crippen LogP contribution in [0.25, 0.3) is 22.4 Å². The summed E-state index contributed by atoms with van der Waals surface area (Å²) >= 11 is 0. The first kappa shape index (κ1) is 14.1. The third kappa shape index (κ3) is 2.55. The molecule has 0 saturated carbocycles. The van der Waals surface area contributed by atoms with Gasteiger partial charge in [-0.25, -0.2) is 9.97 Å². The molecule has 6 heteroatoms. The summed E-state index contributed by atoms with van der Waals surface area (Å²) in [4.78, 5) is 11.5. The van der Waals surface area contributed by atoms with Gasteiger partial charge in [0.25, 0.3) is 0 Å². The van der Waals surface area contributed by atoms with Gasteiger partial charge in [-0.15, -0.1) is 0 Å². The van der Waals surface area contributed by atoms with Crippen molar-refractivity contribution in [3.05, 3.63) is 36.5 Å². The minimum Gasteiger partial charge on any atom is -0.351 e. The molecule has 1 aliphatic heterocycles. The summed E-state index contributed by atoms with van der Waals surface area (Å²) in [6.07, 6.45) is 1.76. The zero-order valence-electron chi connectivity index (χ0n) is 13.3. The van der Waals surface area contributed by atoms with Gasteiger partial charge < -0.3 is 10.2 Å². The van der Waals surface area contributed by atoms with Crippen molar-refractivity contribution in [3.8, 4) is 11.4 Å². The molecule has 1 fully saturated rings. The molecule has 0 aliphatic carbocycles. The van der Waals surface area contributed by atoms with Gasteiger partial charge in [0.15, 0.2) is 5.65 Å². The Kier molecular flexibility index (Phi) is 3.46. The van der Waals surface area contributed by atoms with Gasteiger partial charge in [0, 0.05) is 36.8 Å². The van der Waals surface area contributed by atoms with Crippen molar-refractivity contribution in [3.63, 3.8) is 0 Å². The largest absolute Gasteiger partial charge is 0.351 e. The molecule has 3 aromatic rings. The van der Waals surface area contributed by atoms with E-state index in [4.69, 9.17) is 4.98 Å². The molecule has 1 saturated heterocycles. The second-order valence-corrected chi connectivity index (χ2v) is 6.16. The molecule has 0 bridgehead atoms. The zero-order valence-corrected chi connectivity index (χ0v) is 13.3. The molecule has 1 aliphatic rings. The number of aromatic amines is 1. The van der Waals surface area contributed by atoms with E-state index in [0.29, 0.717) is 12.1 Å². The van der Waals surface area contributed by atoms with Crippen molar-refractivity contribution in [2.24, 2.45) is 0 Å². The second kappa shape index (κ2) is 5.62. The van der Waals surface area contributed by atoms with Crippen molar-refractivity contribution in [1.29, 1.82) is 0 Å². The van der Waals surface area contributed by atoms with E-state index in [1.165, 1.54) is 0 Å². The summed E-state index contributed by atoms with van der Waals surface area (Å²) in [5.41, 5.74) is 2.52. The minimum absolute atomic E-state index is 0.423. The van der Waals surface area contributed by atoms with Gasteiger partial charge in [-0.1, -0.05) is 6.07 Å². The number of hydrogen-bond donors (Lipinski definition) is 2. The van der Waals surface area contributed by atoms with E-state index in [1.807, 2.05) is 24.3 Å². The fraction of sp³-hybridized carbons (Fsp3) is 0.353. The molecule has 0 radical (unpaired) electrons. The van der Waals surface area contributed by atoms with Crippen LogP contribution in [0.3, 0.4) is 0 Å². The Hall–Kier alpha value is -2.47. The molecule has 4 rings (SSSR count). The number of pyridine rings is 2. The van der Waals surface area contributed by atoms with Gasteiger partial charge in [-0.2, -0.15) is 5.10 Å². The monoisotopic (exact) mass is 308 g/mol. The van der Waals surface area contributed by atoms with Gasteiger partial charge in [0.2, 0.25) is 0 Å². The van der Waals surface area contributed by atoms with E-state index in [9.17, 15) is 0 Å². The number of fused-ring (bicyclic) bond motifs is 1. The molecule has 2 N–H and O–H groups in total. The number of nitrogens with zero attached hydrogens (tertiary/aromatic N) is 4. The van der Waals surface area contributed by atoms with Crippen LogP contribution in [0.4, 0.5) is 5.82 Å². The summed E-state index contributed by atoms with van der Waals surface area (Å²) in [6.45, 7) is 6.36. The van der Waals surface area contributed by atoms with Gasteiger partial charge >= 0.3 is 0 Å². The quantitative estimate of drug-likeness (QED) is 0.759. The third-order valence-electron chi connectivity index (χ3n) is 4.37. The van der Waals surface area contributed by atoms with Crippen LogP contribution in [-0.4, -0.2) is 45.3 Å². The Labute approximate surface area is 135 Å². The van der Waals surface area contributed by atoms with Crippen LogP contribution >= 0.6 is 0 Å². The molecule has 0 aromatic carbocycles. The maximum Gasteiger partial charge on any atom is 0.155 e. The predicted octanol–water partition coefficient (Wildman–Crippen LogP) is 2.21. The van der Waals surface area contributed by atoms with Gasteiger partial charge in [0.05, 0.1) is 5.69 Å². The Balaban J connectivity index is 1.74. The van der Waals surface area contributed by atoms with E-state index in [2.05, 4.69) is 45.3 Å². The van der Waals surface area contributed by atoms with Crippen molar-refractivity contribution in [1.82, 2.24) is 25.5 Å². The van der Waals surface area contributed by atoms with Crippen LogP contribution in [0.5, 0.6) is 0 Å². The van der Waals surface area contributed by atoms with Crippen LogP contribution in [0.15, 0.2) is 36.5 Å². The molecule has 0 spiro atoms. The van der Waals surface area contributed by atoms with Crippen LogP contribution in [0.2, 0.25) is 0 Å². The van der Waals surface area contributed by atoms with Crippen molar-refractivity contribution < 1.29 is 0 Å². The lowest BCUT2D eigenvalue weighted by molar-refractivity contribution is 0.423. The van der Waals surface area contributed by atoms with Crippen LogP contribution in [0.1, 0.15) is 13.8 Å². The molecule has 2 unspecified atom stereocenters. The molecule has 6 nitrogen and oxygen atoms in total. The maximum atomic E-state index is 4.86. The van der Waals surface area contributed by atoms with E-state index >= 15 is 0 Å². The lowest BCUT2D eigenvalue weighted by atomic mass is 10.1. The molecule has 2 atom stereocenters. The van der Waals surface area contributed by atoms with Gasteiger partial charge in [-0.05, 0) is 38.1 Å². The Morgan fingerprint density at radius 1 is 1.17 bits per heavy atom. The van der Waals surface area contributed by atoms with E-state index in [0.717, 1.165) is 41.3 Å². The van der Waals surface area contributed by atoms with Crippen LogP contribution < -0.4 is 10.2 Å². The molecular formula is C17H20N6. The molecule has 3 aromatic heterocycles. The number of rotatable bonds is 2. The fourth-order valence-corrected chi connectivity index (χ4v) is 3.11. The maximum absolute atomic E-state index is 4.86. The SMILES string of the molecule is CC1CN(c2cccc(-c3n[nH]c4ncccc34)n2)C(C)CN1. The average Bonchev–Trinajstić information content (AvgIpc) is 3.01. The Morgan fingerprint density at radius 2 is 2.09 bits per heavy atom. The second-order valence-electron chi connectivity index (χ2n) is 6.16. The zero-order chi connectivity index (χ0) is 15.8. The van der Waals surface area contributed by atoms with E-state index < -0.39 is 0 Å². The fourth-order valence-electron chi connectivity index (χ4n) is 3.11. The highest BCUT2D eigenvalue weighted by Gasteiger charge is 2.24. The standard InChI is InChI=1S/C17H20N6/c1-11-10-23(12(2)9-19-11)15-7-3-6-14(20-15)16-13-5-4-8-18-17(13)22-21-16/h3-8,11-12,19H,9-10H2,1-2H3,(H,18,21,22). The molecule has 4 heterocycles. The first-order valence-corrected chi connectivity index (χ1v) is 7.99. The summed E-state index contributed by atoms with van der Waals surface area (Å²) in [7, 11) is 0. The highest BCUT2D eigenvalue weighted by Crippen LogP contribution is 2.26. The summed E-state index contributed by atoms with van der Waals surface area (Å²) in [5.74, 6) is 1.00. The van der Waals surface area contributed by atoms with Gasteiger partial charge in [0.1, 0.15) is 11.5 Å². The number of H-pyrrole nitrogens is 1. The smallest absolute Gasteiger partial charge is 0.155 e. The number of hydrogen-bond acceptors (Lipinski definition) is 5. The van der Waals surface area contributed by atoms with E-state index in [-0.39, 0.29) is 0 Å². The topological polar surface area (TPSA) is 69.7 Å². The highest BCUT2D eigenvalue weighted by molar-refractivity contribution is 5.89. The Morgan fingerprint density at radius 3 is 3.00 bits per heavy atom. The molecule has 0 amide bonds. The summed E-state index contributed by atoms with van der Waals surface area (Å²) in [5, 5.41) is 11.9. The summed E-state index contributed by atoms with van der Waals surface area (Å²) < 4.78 is 0. The highest BCUT2D eigenvalue weighted by atomic mass is 15.3. The first-order valence-electron chi connectivity index (χ1n) is 7.99. The van der Waals surface area contributed by atoms with Crippen molar-refractivity contribution >= 4 is 16.9 Å². The van der Waals surface area contributed by atoms with Crippen molar-refractivity contribution in [2.45, 2.75) is 25.9 Å². The number of nitrogens with one attached hydrogen (secondary N) is 2. The molecule has 118 valence electrons. The van der Waals surface area contributed by atoms with E-state index in [1.54, 1.807) is 6.20 Å².